The summed E-state index contributed by atoms with van der Waals surface area (Å²) in [5.74, 6) is 1.28. The fraction of sp³-hybridized carbons (Fsp3) is 0.533. The zero-order chi connectivity index (χ0) is 13.9. The minimum Gasteiger partial charge on any atom is -0.497 e. The van der Waals surface area contributed by atoms with Crippen LogP contribution in [0, 0.1) is 0 Å². The van der Waals surface area contributed by atoms with Gasteiger partial charge in [0.25, 0.3) is 5.91 Å². The minimum atomic E-state index is -0.0840. The van der Waals surface area contributed by atoms with Gasteiger partial charge in [-0.2, -0.15) is 0 Å². The van der Waals surface area contributed by atoms with Crippen LogP contribution in [0.2, 0.25) is 0 Å². The monoisotopic (exact) mass is 265 g/mol. The lowest BCUT2D eigenvalue weighted by molar-refractivity contribution is -0.123. The summed E-state index contributed by atoms with van der Waals surface area (Å²) in [5, 5.41) is 2.85. The molecule has 1 aromatic rings. The lowest BCUT2D eigenvalue weighted by atomic mass is 10.2. The fourth-order valence-corrected chi connectivity index (χ4v) is 1.67. The van der Waals surface area contributed by atoms with E-state index in [0.717, 1.165) is 25.1 Å². The molecular weight excluding hydrogens is 242 g/mol. The van der Waals surface area contributed by atoms with Crippen molar-refractivity contribution in [3.8, 4) is 11.5 Å². The highest BCUT2D eigenvalue weighted by Gasteiger charge is 2.02. The van der Waals surface area contributed by atoms with Gasteiger partial charge in [-0.15, -0.1) is 0 Å². The molecule has 1 aromatic carbocycles. The molecule has 0 bridgehead atoms. The molecule has 0 aromatic heterocycles. The Bertz CT molecular complexity index is 379. The van der Waals surface area contributed by atoms with E-state index in [2.05, 4.69) is 12.2 Å². The number of carbonyl (C=O) groups is 1. The maximum atomic E-state index is 11.5. The molecule has 0 aliphatic carbocycles. The van der Waals surface area contributed by atoms with Crippen molar-refractivity contribution < 1.29 is 14.3 Å². The first-order valence-electron chi connectivity index (χ1n) is 6.79. The predicted octanol–water partition coefficient (Wildman–Crippen LogP) is 2.77. The van der Waals surface area contributed by atoms with Crippen molar-refractivity contribution in [3.05, 3.63) is 24.3 Å². The van der Waals surface area contributed by atoms with Crippen LogP contribution >= 0.6 is 0 Å². The van der Waals surface area contributed by atoms with E-state index in [1.807, 2.05) is 12.1 Å². The summed E-state index contributed by atoms with van der Waals surface area (Å²) >= 11 is 0. The summed E-state index contributed by atoms with van der Waals surface area (Å²) in [6.07, 6.45) is 4.61. The molecule has 0 spiro atoms. The zero-order valence-electron chi connectivity index (χ0n) is 11.8. The van der Waals surface area contributed by atoms with E-state index >= 15 is 0 Å². The summed E-state index contributed by atoms with van der Waals surface area (Å²) in [6, 6.07) is 7.23. The molecule has 0 heterocycles. The van der Waals surface area contributed by atoms with Gasteiger partial charge >= 0.3 is 0 Å². The van der Waals surface area contributed by atoms with Gasteiger partial charge in [0.1, 0.15) is 11.5 Å². The van der Waals surface area contributed by atoms with Crippen LogP contribution in [0.15, 0.2) is 24.3 Å². The molecule has 1 N–H and O–H groups in total. The third kappa shape index (κ3) is 6.70. The predicted molar refractivity (Wildman–Crippen MR) is 75.6 cm³/mol. The Morgan fingerprint density at radius 2 is 2.00 bits per heavy atom. The van der Waals surface area contributed by atoms with Crippen molar-refractivity contribution in [3.63, 3.8) is 0 Å². The van der Waals surface area contributed by atoms with Gasteiger partial charge in [-0.1, -0.05) is 32.3 Å². The van der Waals surface area contributed by atoms with E-state index in [9.17, 15) is 4.79 Å². The number of hydrogen-bond donors (Lipinski definition) is 1. The van der Waals surface area contributed by atoms with Gasteiger partial charge in [-0.3, -0.25) is 4.79 Å². The van der Waals surface area contributed by atoms with E-state index < -0.39 is 0 Å². The van der Waals surface area contributed by atoms with Crippen LogP contribution in [-0.4, -0.2) is 26.2 Å². The van der Waals surface area contributed by atoms with Crippen molar-refractivity contribution >= 4 is 5.91 Å². The summed E-state index contributed by atoms with van der Waals surface area (Å²) in [5.41, 5.74) is 0. The number of nitrogens with one attached hydrogen (secondary N) is 1. The number of benzene rings is 1. The highest BCUT2D eigenvalue weighted by atomic mass is 16.5. The molecule has 4 heteroatoms. The molecule has 0 saturated carbocycles. The second kappa shape index (κ2) is 9.25. The lowest BCUT2D eigenvalue weighted by Crippen LogP contribution is -2.29. The highest BCUT2D eigenvalue weighted by molar-refractivity contribution is 5.77. The maximum Gasteiger partial charge on any atom is 0.257 e. The lowest BCUT2D eigenvalue weighted by Gasteiger charge is -2.08. The number of carbonyl (C=O) groups excluding carboxylic acids is 1. The van der Waals surface area contributed by atoms with E-state index in [4.69, 9.17) is 9.47 Å². The summed E-state index contributed by atoms with van der Waals surface area (Å²) < 4.78 is 10.5. The molecule has 0 radical (unpaired) electrons. The third-order valence-electron chi connectivity index (χ3n) is 2.76. The van der Waals surface area contributed by atoms with Crippen LogP contribution in [0.25, 0.3) is 0 Å². The van der Waals surface area contributed by atoms with Crippen LogP contribution in [0.3, 0.4) is 0 Å². The van der Waals surface area contributed by atoms with Crippen LogP contribution < -0.4 is 14.8 Å². The Morgan fingerprint density at radius 3 is 2.74 bits per heavy atom. The second-order valence-electron chi connectivity index (χ2n) is 4.38. The van der Waals surface area contributed by atoms with Gasteiger partial charge in [0.05, 0.1) is 7.11 Å². The first-order chi connectivity index (χ1) is 9.26. The zero-order valence-corrected chi connectivity index (χ0v) is 11.8. The van der Waals surface area contributed by atoms with Crippen LogP contribution in [0.1, 0.15) is 32.6 Å². The van der Waals surface area contributed by atoms with Gasteiger partial charge in [0.2, 0.25) is 0 Å². The van der Waals surface area contributed by atoms with Crippen LogP contribution in [-0.2, 0) is 4.79 Å². The molecule has 0 aliphatic heterocycles. The highest BCUT2D eigenvalue weighted by Crippen LogP contribution is 2.18. The topological polar surface area (TPSA) is 47.6 Å². The average Bonchev–Trinajstić information content (AvgIpc) is 2.45. The van der Waals surface area contributed by atoms with Crippen molar-refractivity contribution in [2.45, 2.75) is 32.6 Å². The number of hydrogen-bond acceptors (Lipinski definition) is 3. The fourth-order valence-electron chi connectivity index (χ4n) is 1.67. The van der Waals surface area contributed by atoms with Crippen LogP contribution in [0.5, 0.6) is 11.5 Å². The first-order valence-corrected chi connectivity index (χ1v) is 6.79. The minimum absolute atomic E-state index is 0.0426. The van der Waals surface area contributed by atoms with Gasteiger partial charge in [0.15, 0.2) is 6.61 Å². The van der Waals surface area contributed by atoms with E-state index in [-0.39, 0.29) is 12.5 Å². The molecular formula is C15H23NO3. The standard InChI is InChI=1S/C15H23NO3/c1-3-4-5-6-10-16-15(17)12-19-14-9-7-8-13(11-14)18-2/h7-9,11H,3-6,10,12H2,1-2H3,(H,16,17). The number of rotatable bonds is 9. The van der Waals surface area contributed by atoms with E-state index in [0.29, 0.717) is 5.75 Å². The van der Waals surface area contributed by atoms with E-state index in [1.54, 1.807) is 19.2 Å². The Kier molecular flexibility index (Phi) is 7.47. The number of methoxy groups -OCH3 is 1. The van der Waals surface area contributed by atoms with Gasteiger partial charge in [0, 0.05) is 12.6 Å². The summed E-state index contributed by atoms with van der Waals surface area (Å²) in [6.45, 7) is 2.93. The number of unbranched alkanes of at least 4 members (excludes halogenated alkanes) is 3. The van der Waals surface area contributed by atoms with Crippen molar-refractivity contribution in [2.75, 3.05) is 20.3 Å². The maximum absolute atomic E-state index is 11.5. The largest absolute Gasteiger partial charge is 0.497 e. The van der Waals surface area contributed by atoms with E-state index in [1.165, 1.54) is 12.8 Å². The quantitative estimate of drug-likeness (QED) is 0.698. The van der Waals surface area contributed by atoms with Gasteiger partial charge in [-0.05, 0) is 18.6 Å². The number of amides is 1. The molecule has 0 atom stereocenters. The molecule has 0 unspecified atom stereocenters. The smallest absolute Gasteiger partial charge is 0.257 e. The molecule has 1 rings (SSSR count). The van der Waals surface area contributed by atoms with Crippen LogP contribution in [0.4, 0.5) is 0 Å². The normalized spacial score (nSPS) is 10.0. The molecule has 1 amide bonds. The van der Waals surface area contributed by atoms with Crippen molar-refractivity contribution in [2.24, 2.45) is 0 Å². The van der Waals surface area contributed by atoms with Crippen molar-refractivity contribution in [1.29, 1.82) is 0 Å². The first kappa shape index (κ1) is 15.3. The van der Waals surface area contributed by atoms with Gasteiger partial charge < -0.3 is 14.8 Å². The average molecular weight is 265 g/mol. The molecule has 0 aliphatic rings. The molecule has 0 fully saturated rings. The summed E-state index contributed by atoms with van der Waals surface area (Å²) in [7, 11) is 1.60. The molecule has 0 saturated heterocycles. The second-order valence-corrected chi connectivity index (χ2v) is 4.38. The van der Waals surface area contributed by atoms with Crippen molar-refractivity contribution in [1.82, 2.24) is 5.32 Å². The molecule has 19 heavy (non-hydrogen) atoms. The molecule has 4 nitrogen and oxygen atoms in total. The summed E-state index contributed by atoms with van der Waals surface area (Å²) in [4.78, 5) is 11.5. The Morgan fingerprint density at radius 1 is 1.21 bits per heavy atom. The Hall–Kier alpha value is -1.71. The Labute approximate surface area is 115 Å². The number of ether oxygens (including phenoxy) is 2. The van der Waals surface area contributed by atoms with Gasteiger partial charge in [-0.25, -0.2) is 0 Å². The third-order valence-corrected chi connectivity index (χ3v) is 2.76. The SMILES string of the molecule is CCCCCCNC(=O)COc1cccc(OC)c1. The Balaban J connectivity index is 2.18. The molecule has 106 valence electrons.